The Labute approximate surface area is 140 Å². The summed E-state index contributed by atoms with van der Waals surface area (Å²) in [6.45, 7) is 6.01. The summed E-state index contributed by atoms with van der Waals surface area (Å²) < 4.78 is 7.02. The quantitative estimate of drug-likeness (QED) is 0.796. The third-order valence-electron chi connectivity index (χ3n) is 3.90. The van der Waals surface area contributed by atoms with Gasteiger partial charge in [0, 0.05) is 17.3 Å². The van der Waals surface area contributed by atoms with Crippen molar-refractivity contribution in [1.29, 1.82) is 0 Å². The summed E-state index contributed by atoms with van der Waals surface area (Å²) >= 11 is 0. The van der Waals surface area contributed by atoms with E-state index in [2.05, 4.69) is 15.6 Å². The van der Waals surface area contributed by atoms with E-state index in [9.17, 15) is 4.79 Å². The van der Waals surface area contributed by atoms with Gasteiger partial charge in [-0.25, -0.2) is 4.68 Å². The van der Waals surface area contributed by atoms with Gasteiger partial charge in [-0.3, -0.25) is 4.79 Å². The van der Waals surface area contributed by atoms with E-state index >= 15 is 0 Å². The Hall–Kier alpha value is -2.89. The maximum Gasteiger partial charge on any atom is 0.255 e. The van der Waals surface area contributed by atoms with Gasteiger partial charge in [-0.15, -0.1) is 5.10 Å². The number of aryl methyl sites for hydroxylation is 1. The molecule has 1 heterocycles. The molecule has 0 radical (unpaired) electrons. The molecule has 0 fully saturated rings. The highest BCUT2D eigenvalue weighted by Crippen LogP contribution is 2.22. The smallest absolute Gasteiger partial charge is 0.255 e. The van der Waals surface area contributed by atoms with E-state index in [1.807, 2.05) is 49.7 Å². The summed E-state index contributed by atoms with van der Waals surface area (Å²) in [5.74, 6) is 0.585. The van der Waals surface area contributed by atoms with Crippen LogP contribution in [0, 0.1) is 6.92 Å². The minimum atomic E-state index is -0.177. The molecule has 2 aromatic carbocycles. The highest BCUT2D eigenvalue weighted by molar-refractivity contribution is 6.06. The van der Waals surface area contributed by atoms with Crippen molar-refractivity contribution in [3.05, 3.63) is 47.5 Å². The Morgan fingerprint density at radius 3 is 2.67 bits per heavy atom. The zero-order chi connectivity index (χ0) is 17.3. The third kappa shape index (κ3) is 2.95. The number of amides is 1. The Morgan fingerprint density at radius 2 is 2.00 bits per heavy atom. The Bertz CT molecular complexity index is 899. The number of methoxy groups -OCH3 is 1. The number of rotatable bonds is 4. The first kappa shape index (κ1) is 16.0. The molecule has 3 aromatic rings. The van der Waals surface area contributed by atoms with Gasteiger partial charge in [0.25, 0.3) is 5.91 Å². The van der Waals surface area contributed by atoms with Gasteiger partial charge in [-0.1, -0.05) is 5.21 Å². The van der Waals surface area contributed by atoms with Crippen molar-refractivity contribution in [2.75, 3.05) is 12.4 Å². The van der Waals surface area contributed by atoms with Crippen molar-refractivity contribution in [3.63, 3.8) is 0 Å². The number of hydrogen-bond acceptors (Lipinski definition) is 4. The van der Waals surface area contributed by atoms with E-state index in [1.165, 1.54) is 0 Å². The molecular formula is C18H20N4O2. The number of nitrogens with zero attached hydrogens (tertiary/aromatic N) is 3. The summed E-state index contributed by atoms with van der Waals surface area (Å²) in [6.07, 6.45) is 0. The second-order valence-corrected chi connectivity index (χ2v) is 5.97. The fourth-order valence-electron chi connectivity index (χ4n) is 2.56. The van der Waals surface area contributed by atoms with Gasteiger partial charge in [0.1, 0.15) is 11.3 Å². The average molecular weight is 324 g/mol. The van der Waals surface area contributed by atoms with E-state index in [-0.39, 0.29) is 11.9 Å². The average Bonchev–Trinajstić information content (AvgIpc) is 2.99. The topological polar surface area (TPSA) is 69.0 Å². The van der Waals surface area contributed by atoms with Crippen LogP contribution in [0.3, 0.4) is 0 Å². The van der Waals surface area contributed by atoms with Crippen LogP contribution in [0.25, 0.3) is 11.0 Å². The summed E-state index contributed by atoms with van der Waals surface area (Å²) in [7, 11) is 1.62. The first-order valence-electron chi connectivity index (χ1n) is 7.80. The number of fused-ring (bicyclic) bond motifs is 1. The molecule has 1 amide bonds. The Kier molecular flexibility index (Phi) is 4.20. The fraction of sp³-hybridized carbons (Fsp3) is 0.278. The molecule has 0 atom stereocenters. The molecule has 0 unspecified atom stereocenters. The molecule has 6 nitrogen and oxygen atoms in total. The molecular weight excluding hydrogens is 304 g/mol. The van der Waals surface area contributed by atoms with Crippen molar-refractivity contribution in [2.24, 2.45) is 0 Å². The molecule has 1 N–H and O–H groups in total. The van der Waals surface area contributed by atoms with Crippen molar-refractivity contribution in [2.45, 2.75) is 26.8 Å². The first-order chi connectivity index (χ1) is 11.5. The lowest BCUT2D eigenvalue weighted by Crippen LogP contribution is -2.12. The lowest BCUT2D eigenvalue weighted by molar-refractivity contribution is 0.102. The Morgan fingerprint density at radius 1 is 1.21 bits per heavy atom. The summed E-state index contributed by atoms with van der Waals surface area (Å²) in [5, 5.41) is 11.2. The van der Waals surface area contributed by atoms with Crippen molar-refractivity contribution in [1.82, 2.24) is 15.0 Å². The number of benzene rings is 2. The van der Waals surface area contributed by atoms with Crippen LogP contribution in [-0.4, -0.2) is 28.0 Å². The zero-order valence-corrected chi connectivity index (χ0v) is 14.2. The molecule has 0 spiro atoms. The van der Waals surface area contributed by atoms with Crippen LogP contribution in [0.4, 0.5) is 5.69 Å². The van der Waals surface area contributed by atoms with Crippen LogP contribution in [0.2, 0.25) is 0 Å². The number of carbonyl (C=O) groups is 1. The molecule has 0 aliphatic rings. The first-order valence-corrected chi connectivity index (χ1v) is 7.80. The van der Waals surface area contributed by atoms with E-state index in [4.69, 9.17) is 4.74 Å². The van der Waals surface area contributed by atoms with Gasteiger partial charge >= 0.3 is 0 Å². The van der Waals surface area contributed by atoms with Crippen LogP contribution in [0.1, 0.15) is 35.8 Å². The maximum absolute atomic E-state index is 12.5. The monoisotopic (exact) mass is 324 g/mol. The summed E-state index contributed by atoms with van der Waals surface area (Å²) in [4.78, 5) is 12.5. The third-order valence-corrected chi connectivity index (χ3v) is 3.90. The lowest BCUT2D eigenvalue weighted by atomic mass is 10.1. The van der Waals surface area contributed by atoms with Crippen LogP contribution in [0.5, 0.6) is 5.75 Å². The predicted molar refractivity (Wildman–Crippen MR) is 93.6 cm³/mol. The van der Waals surface area contributed by atoms with Gasteiger partial charge < -0.3 is 10.1 Å². The predicted octanol–water partition coefficient (Wildman–Crippen LogP) is 3.58. The minimum absolute atomic E-state index is 0.177. The summed E-state index contributed by atoms with van der Waals surface area (Å²) in [6, 6.07) is 11.2. The van der Waals surface area contributed by atoms with Crippen LogP contribution in [-0.2, 0) is 0 Å². The number of ether oxygens (including phenoxy) is 1. The highest BCUT2D eigenvalue weighted by Gasteiger charge is 2.12. The van der Waals surface area contributed by atoms with Gasteiger partial charge in [0.15, 0.2) is 0 Å². The van der Waals surface area contributed by atoms with Gasteiger partial charge in [-0.2, -0.15) is 0 Å². The molecule has 0 saturated heterocycles. The number of anilines is 1. The second-order valence-electron chi connectivity index (χ2n) is 5.97. The Balaban J connectivity index is 1.86. The van der Waals surface area contributed by atoms with Crippen LogP contribution < -0.4 is 10.1 Å². The standard InChI is InChI=1S/C18H20N4O2/c1-11(2)22-17-8-5-13(10-16(17)20-21-22)18(23)19-15-7-6-14(24-4)9-12(15)3/h5-11H,1-4H3,(H,19,23). The fourth-order valence-corrected chi connectivity index (χ4v) is 2.56. The molecule has 1 aromatic heterocycles. The molecule has 6 heteroatoms. The van der Waals surface area contributed by atoms with E-state index in [0.29, 0.717) is 11.1 Å². The largest absolute Gasteiger partial charge is 0.497 e. The molecule has 3 rings (SSSR count). The normalized spacial score (nSPS) is 11.0. The summed E-state index contributed by atoms with van der Waals surface area (Å²) in [5.41, 5.74) is 3.87. The maximum atomic E-state index is 12.5. The number of hydrogen-bond donors (Lipinski definition) is 1. The van der Waals surface area contributed by atoms with E-state index in [0.717, 1.165) is 22.5 Å². The van der Waals surface area contributed by atoms with Gasteiger partial charge in [0.2, 0.25) is 0 Å². The van der Waals surface area contributed by atoms with Crippen molar-refractivity contribution < 1.29 is 9.53 Å². The molecule has 0 saturated carbocycles. The van der Waals surface area contributed by atoms with Gasteiger partial charge in [-0.05, 0) is 62.7 Å². The number of nitrogens with one attached hydrogen (secondary N) is 1. The molecule has 24 heavy (non-hydrogen) atoms. The van der Waals surface area contributed by atoms with Crippen molar-refractivity contribution >= 4 is 22.6 Å². The van der Waals surface area contributed by atoms with Crippen molar-refractivity contribution in [3.8, 4) is 5.75 Å². The zero-order valence-electron chi connectivity index (χ0n) is 14.2. The molecule has 0 aliphatic carbocycles. The SMILES string of the molecule is COc1ccc(NC(=O)c2ccc3c(c2)nnn3C(C)C)c(C)c1. The van der Waals surface area contributed by atoms with Crippen LogP contribution >= 0.6 is 0 Å². The number of carbonyl (C=O) groups excluding carboxylic acids is 1. The molecule has 0 bridgehead atoms. The minimum Gasteiger partial charge on any atom is -0.497 e. The van der Waals surface area contributed by atoms with E-state index < -0.39 is 0 Å². The molecule has 0 aliphatic heterocycles. The van der Waals surface area contributed by atoms with Gasteiger partial charge in [0.05, 0.1) is 12.6 Å². The second kappa shape index (κ2) is 6.31. The van der Waals surface area contributed by atoms with Crippen LogP contribution in [0.15, 0.2) is 36.4 Å². The highest BCUT2D eigenvalue weighted by atomic mass is 16.5. The number of aromatic nitrogens is 3. The molecule has 124 valence electrons. The lowest BCUT2D eigenvalue weighted by Gasteiger charge is -2.10. The van der Waals surface area contributed by atoms with E-state index in [1.54, 1.807) is 19.2 Å².